The fraction of sp³-hybridized carbons (Fsp3) is 0.318. The van der Waals surface area contributed by atoms with Crippen LogP contribution in [-0.2, 0) is 22.4 Å². The number of aromatic nitrogens is 4. The Hall–Kier alpha value is -6.26. The molecule has 2 aliphatic heterocycles. The number of hydrogen-bond acceptors (Lipinski definition) is 8. The lowest BCUT2D eigenvalue weighted by Gasteiger charge is -2.25. The molecule has 8 rings (SSSR count). The standard InChI is InChI=1S/C44H46N8O6S2/c53-39(23-31(47-43(55)56)21-33-5-3-19-59-33)51-17-1-7-37(51)41-45-25-35(49-41)29-13-9-27(10-14-29)28-11-15-30(16-12-28)36-26-46-42(50-36)38-8-2-18-52(38)40(54)24-32(48-44(57)58)22-34-6-4-20-60-34/h3-6,9-16,19-20,25-26,31-32,37-38,47-48H,1-2,7-8,17-18,21-24H2,(H,45,49)(H,46,50)(H,55,56)(H,57,58)/t31-,32-,37+,38+/m1/s1. The zero-order chi connectivity index (χ0) is 41.6. The van der Waals surface area contributed by atoms with Crippen LogP contribution in [0.3, 0.4) is 0 Å². The summed E-state index contributed by atoms with van der Waals surface area (Å²) in [5.74, 6) is 1.25. The zero-order valence-electron chi connectivity index (χ0n) is 32.8. The highest BCUT2D eigenvalue weighted by molar-refractivity contribution is 7.10. The molecule has 2 aliphatic rings. The van der Waals surface area contributed by atoms with Gasteiger partial charge >= 0.3 is 12.2 Å². The zero-order valence-corrected chi connectivity index (χ0v) is 34.4. The summed E-state index contributed by atoms with van der Waals surface area (Å²) >= 11 is 3.09. The van der Waals surface area contributed by atoms with Crippen LogP contribution in [-0.4, -0.2) is 89.1 Å². The predicted molar refractivity (Wildman–Crippen MR) is 230 cm³/mol. The third kappa shape index (κ3) is 9.61. The maximum atomic E-state index is 13.5. The van der Waals surface area contributed by atoms with E-state index in [2.05, 4.69) is 54.8 Å². The van der Waals surface area contributed by atoms with Crippen molar-refractivity contribution in [3.8, 4) is 33.6 Å². The fourth-order valence-corrected chi connectivity index (χ4v) is 9.96. The molecular formula is C44H46N8O6S2. The molecule has 0 radical (unpaired) electrons. The second-order valence-corrected chi connectivity index (χ2v) is 17.3. The van der Waals surface area contributed by atoms with Gasteiger partial charge in [0.25, 0.3) is 0 Å². The van der Waals surface area contributed by atoms with Crippen LogP contribution in [0, 0.1) is 0 Å². The Morgan fingerprint density at radius 3 is 1.40 bits per heavy atom. The van der Waals surface area contributed by atoms with Crippen molar-refractivity contribution in [1.82, 2.24) is 40.4 Å². The number of carboxylic acid groups (broad SMARTS) is 2. The summed E-state index contributed by atoms with van der Waals surface area (Å²) in [7, 11) is 0. The third-order valence-corrected chi connectivity index (χ3v) is 13.0. The van der Waals surface area contributed by atoms with E-state index < -0.39 is 24.3 Å². The van der Waals surface area contributed by atoms with Crippen LogP contribution < -0.4 is 10.6 Å². The minimum absolute atomic E-state index is 0.0789. The van der Waals surface area contributed by atoms with E-state index in [9.17, 15) is 29.4 Å². The van der Waals surface area contributed by atoms with Crippen molar-refractivity contribution in [3.05, 3.63) is 117 Å². The van der Waals surface area contributed by atoms with Crippen molar-refractivity contribution in [1.29, 1.82) is 0 Å². The summed E-state index contributed by atoms with van der Waals surface area (Å²) in [6.45, 7) is 1.20. The molecule has 0 saturated carbocycles. The number of H-pyrrole nitrogens is 2. The van der Waals surface area contributed by atoms with Crippen molar-refractivity contribution in [2.45, 2.75) is 75.5 Å². The maximum Gasteiger partial charge on any atom is 0.404 e. The molecule has 4 atom stereocenters. The number of imidazole rings is 2. The number of nitrogens with zero attached hydrogens (tertiary/aromatic N) is 4. The monoisotopic (exact) mass is 846 g/mol. The molecule has 0 aliphatic carbocycles. The lowest BCUT2D eigenvalue weighted by atomic mass is 10.0. The summed E-state index contributed by atoms with van der Waals surface area (Å²) in [6, 6.07) is 22.7. The highest BCUT2D eigenvalue weighted by Gasteiger charge is 2.35. The molecule has 14 nitrogen and oxygen atoms in total. The van der Waals surface area contributed by atoms with Crippen molar-refractivity contribution in [2.75, 3.05) is 13.1 Å². The first-order chi connectivity index (χ1) is 29.2. The number of carbonyl (C=O) groups excluding carboxylic acids is 2. The van der Waals surface area contributed by atoms with Gasteiger partial charge in [-0.25, -0.2) is 19.6 Å². The van der Waals surface area contributed by atoms with Crippen LogP contribution >= 0.6 is 22.7 Å². The highest BCUT2D eigenvalue weighted by Crippen LogP contribution is 2.35. The van der Waals surface area contributed by atoms with E-state index in [1.165, 1.54) is 0 Å². The van der Waals surface area contributed by atoms with Crippen molar-refractivity contribution in [2.24, 2.45) is 0 Å². The van der Waals surface area contributed by atoms with Gasteiger partial charge in [-0.3, -0.25) is 9.59 Å². The van der Waals surface area contributed by atoms with E-state index in [1.54, 1.807) is 35.1 Å². The van der Waals surface area contributed by atoms with Crippen molar-refractivity contribution in [3.63, 3.8) is 0 Å². The van der Waals surface area contributed by atoms with E-state index in [4.69, 9.17) is 0 Å². The molecular weight excluding hydrogens is 801 g/mol. The normalized spacial score (nSPS) is 17.4. The van der Waals surface area contributed by atoms with Gasteiger partial charge < -0.3 is 40.6 Å². The minimum Gasteiger partial charge on any atom is -0.465 e. The third-order valence-electron chi connectivity index (χ3n) is 11.2. The molecule has 6 aromatic rings. The molecule has 0 spiro atoms. The minimum atomic E-state index is -1.14. The number of benzene rings is 2. The SMILES string of the molecule is O=C(O)N[C@@H](CC(=O)N1CCC[C@H]1c1ncc(-c2ccc(-c3ccc(-c4cnc([C@@H]5CCCN5C(=O)C[C@@H](Cc5cccs5)NC(=O)O)[nH]4)cc3)cc2)[nH]1)Cc1cccs1. The van der Waals surface area contributed by atoms with Gasteiger partial charge in [0.05, 0.1) is 35.9 Å². The van der Waals surface area contributed by atoms with E-state index >= 15 is 0 Å². The average molecular weight is 847 g/mol. The molecule has 6 heterocycles. The lowest BCUT2D eigenvalue weighted by Crippen LogP contribution is -2.41. The van der Waals surface area contributed by atoms with Gasteiger partial charge in [-0.05, 0) is 70.8 Å². The summed E-state index contributed by atoms with van der Waals surface area (Å²) in [5.41, 5.74) is 5.72. The molecule has 2 saturated heterocycles. The first kappa shape index (κ1) is 40.5. The Balaban J connectivity index is 0.882. The van der Waals surface area contributed by atoms with E-state index in [-0.39, 0.29) is 36.7 Å². The van der Waals surface area contributed by atoms with E-state index in [1.807, 2.05) is 69.1 Å². The summed E-state index contributed by atoms with van der Waals surface area (Å²) in [4.78, 5) is 71.9. The van der Waals surface area contributed by atoms with Gasteiger partial charge in [-0.1, -0.05) is 60.7 Å². The molecule has 16 heteroatoms. The Bertz CT molecular complexity index is 2230. The van der Waals surface area contributed by atoms with Gasteiger partial charge in [-0.2, -0.15) is 0 Å². The van der Waals surface area contributed by atoms with Gasteiger partial charge in [0.15, 0.2) is 0 Å². The second-order valence-electron chi connectivity index (χ2n) is 15.3. The Kier molecular flexibility index (Phi) is 12.4. The molecule has 310 valence electrons. The van der Waals surface area contributed by atoms with Gasteiger partial charge in [0.1, 0.15) is 11.6 Å². The first-order valence-electron chi connectivity index (χ1n) is 20.1. The number of likely N-dealkylation sites (tertiary alicyclic amines) is 2. The molecule has 2 aromatic carbocycles. The van der Waals surface area contributed by atoms with Gasteiger partial charge in [0.2, 0.25) is 11.8 Å². The highest BCUT2D eigenvalue weighted by atomic mass is 32.1. The van der Waals surface area contributed by atoms with Crippen molar-refractivity contribution < 1.29 is 29.4 Å². The largest absolute Gasteiger partial charge is 0.465 e. The lowest BCUT2D eigenvalue weighted by molar-refractivity contribution is -0.133. The van der Waals surface area contributed by atoms with Crippen LogP contribution in [0.4, 0.5) is 9.59 Å². The number of carbonyl (C=O) groups is 4. The van der Waals surface area contributed by atoms with Gasteiger partial charge in [0, 0.05) is 60.6 Å². The molecule has 2 fully saturated rings. The first-order valence-corrected chi connectivity index (χ1v) is 21.9. The molecule has 4 aromatic heterocycles. The van der Waals surface area contributed by atoms with Crippen LogP contribution in [0.2, 0.25) is 0 Å². The van der Waals surface area contributed by atoms with Crippen molar-refractivity contribution >= 4 is 46.7 Å². The number of nitrogens with one attached hydrogen (secondary N) is 4. The molecule has 4 amide bonds. The molecule has 60 heavy (non-hydrogen) atoms. The van der Waals surface area contributed by atoms with Crippen LogP contribution in [0.15, 0.2) is 96.0 Å². The number of amides is 4. The summed E-state index contributed by atoms with van der Waals surface area (Å²) < 4.78 is 0. The maximum absolute atomic E-state index is 13.5. The van der Waals surface area contributed by atoms with E-state index in [0.29, 0.717) is 25.9 Å². The van der Waals surface area contributed by atoms with Crippen LogP contribution in [0.25, 0.3) is 33.6 Å². The number of hydrogen-bond donors (Lipinski definition) is 6. The fourth-order valence-electron chi connectivity index (χ4n) is 8.39. The Morgan fingerprint density at radius 2 is 1.03 bits per heavy atom. The van der Waals surface area contributed by atoms with Crippen LogP contribution in [0.5, 0.6) is 0 Å². The summed E-state index contributed by atoms with van der Waals surface area (Å²) in [6.07, 6.45) is 5.64. The van der Waals surface area contributed by atoms with Crippen LogP contribution in [0.1, 0.15) is 72.0 Å². The second kappa shape index (κ2) is 18.3. The molecule has 0 unspecified atom stereocenters. The molecule has 0 bridgehead atoms. The topological polar surface area (TPSA) is 197 Å². The van der Waals surface area contributed by atoms with Gasteiger partial charge in [-0.15, -0.1) is 22.7 Å². The number of aromatic amines is 2. The number of rotatable bonds is 15. The summed E-state index contributed by atoms with van der Waals surface area (Å²) in [5, 5.41) is 27.8. The Morgan fingerprint density at radius 1 is 0.633 bits per heavy atom. The smallest absolute Gasteiger partial charge is 0.404 e. The quantitative estimate of drug-likeness (QED) is 0.0596. The molecule has 6 N–H and O–H groups in total. The predicted octanol–water partition coefficient (Wildman–Crippen LogP) is 8.12. The average Bonchev–Trinajstić information content (AvgIpc) is 4.09. The number of thiophene rings is 2. The Labute approximate surface area is 354 Å². The van der Waals surface area contributed by atoms with E-state index in [0.717, 1.165) is 80.7 Å².